The number of aryl methyl sites for hydroxylation is 1. The van der Waals surface area contributed by atoms with Gasteiger partial charge in [-0.25, -0.2) is 0 Å². The molecule has 110 valence electrons. The van der Waals surface area contributed by atoms with E-state index in [1.54, 1.807) is 0 Å². The molecule has 1 aliphatic heterocycles. The Labute approximate surface area is 127 Å². The average Bonchev–Trinajstić information content (AvgIpc) is 2.96. The first-order valence-electron chi connectivity index (χ1n) is 7.31. The Bertz CT molecular complexity index is 630. The van der Waals surface area contributed by atoms with E-state index in [9.17, 15) is 14.9 Å². The second-order valence-corrected chi connectivity index (χ2v) is 6.68. The maximum absolute atomic E-state index is 12.2. The van der Waals surface area contributed by atoms with Gasteiger partial charge in [0.1, 0.15) is 11.1 Å². The Morgan fingerprint density at radius 2 is 2.14 bits per heavy atom. The van der Waals surface area contributed by atoms with Gasteiger partial charge in [-0.3, -0.25) is 9.59 Å². The van der Waals surface area contributed by atoms with E-state index in [0.717, 1.165) is 31.2 Å². The summed E-state index contributed by atoms with van der Waals surface area (Å²) < 4.78 is 0. The molecular weight excluding hydrogens is 286 g/mol. The molecule has 1 aliphatic carbocycles. The Kier molecular flexibility index (Phi) is 3.93. The van der Waals surface area contributed by atoms with Crippen LogP contribution in [0.1, 0.15) is 41.7 Å². The SMILES string of the molecule is N#Cc1c(NC(=O)C2CNC(=O)C2)sc2c1CCCCC2. The lowest BCUT2D eigenvalue weighted by atomic mass is 10.1. The third-order valence-electron chi connectivity index (χ3n) is 4.12. The van der Waals surface area contributed by atoms with E-state index in [2.05, 4.69) is 16.7 Å². The summed E-state index contributed by atoms with van der Waals surface area (Å²) in [7, 11) is 0. The standard InChI is InChI=1S/C15H17N3O2S/c16-7-11-10-4-2-1-3-5-12(10)21-15(11)18-14(20)9-6-13(19)17-8-9/h9H,1-6,8H2,(H,17,19)(H,18,20). The topological polar surface area (TPSA) is 82.0 Å². The summed E-state index contributed by atoms with van der Waals surface area (Å²) in [6.45, 7) is 0.387. The van der Waals surface area contributed by atoms with Crippen LogP contribution in [0.15, 0.2) is 0 Å². The lowest BCUT2D eigenvalue weighted by molar-refractivity contribution is -0.123. The zero-order valence-corrected chi connectivity index (χ0v) is 12.5. The second-order valence-electron chi connectivity index (χ2n) is 5.57. The molecule has 2 aliphatic rings. The molecule has 0 saturated carbocycles. The van der Waals surface area contributed by atoms with Crippen LogP contribution in [0.5, 0.6) is 0 Å². The fourth-order valence-electron chi connectivity index (χ4n) is 2.95. The molecule has 1 saturated heterocycles. The average molecular weight is 303 g/mol. The Morgan fingerprint density at radius 3 is 2.86 bits per heavy atom. The largest absolute Gasteiger partial charge is 0.355 e. The highest BCUT2D eigenvalue weighted by Crippen LogP contribution is 2.37. The molecule has 0 bridgehead atoms. The molecule has 6 heteroatoms. The van der Waals surface area contributed by atoms with Gasteiger partial charge in [0.15, 0.2) is 0 Å². The zero-order valence-electron chi connectivity index (χ0n) is 11.7. The normalized spacial score (nSPS) is 21.1. The number of nitriles is 1. The highest BCUT2D eigenvalue weighted by molar-refractivity contribution is 7.16. The fourth-order valence-corrected chi connectivity index (χ4v) is 4.20. The Morgan fingerprint density at radius 1 is 1.33 bits per heavy atom. The maximum atomic E-state index is 12.2. The molecule has 1 fully saturated rings. The summed E-state index contributed by atoms with van der Waals surface area (Å²) in [6, 6.07) is 2.25. The van der Waals surface area contributed by atoms with E-state index in [0.29, 0.717) is 17.1 Å². The molecule has 0 aromatic carbocycles. The molecular formula is C15H17N3O2S. The molecule has 2 amide bonds. The maximum Gasteiger partial charge on any atom is 0.230 e. The van der Waals surface area contributed by atoms with Crippen molar-refractivity contribution >= 4 is 28.2 Å². The number of fused-ring (bicyclic) bond motifs is 1. The lowest BCUT2D eigenvalue weighted by Gasteiger charge is -2.08. The van der Waals surface area contributed by atoms with Crippen molar-refractivity contribution in [2.24, 2.45) is 5.92 Å². The minimum atomic E-state index is -0.328. The number of thiophene rings is 1. The highest BCUT2D eigenvalue weighted by Gasteiger charge is 2.29. The van der Waals surface area contributed by atoms with Gasteiger partial charge in [0.25, 0.3) is 0 Å². The predicted molar refractivity (Wildman–Crippen MR) is 80.0 cm³/mol. The van der Waals surface area contributed by atoms with Crippen molar-refractivity contribution < 1.29 is 9.59 Å². The van der Waals surface area contributed by atoms with Crippen molar-refractivity contribution in [3.63, 3.8) is 0 Å². The molecule has 1 unspecified atom stereocenters. The van der Waals surface area contributed by atoms with E-state index in [1.807, 2.05) is 0 Å². The van der Waals surface area contributed by atoms with Gasteiger partial charge in [0.2, 0.25) is 11.8 Å². The van der Waals surface area contributed by atoms with Gasteiger partial charge in [-0.2, -0.15) is 5.26 Å². The predicted octanol–water partition coefficient (Wildman–Crippen LogP) is 1.96. The van der Waals surface area contributed by atoms with Gasteiger partial charge in [0, 0.05) is 17.8 Å². The molecule has 21 heavy (non-hydrogen) atoms. The first-order chi connectivity index (χ1) is 10.2. The van der Waals surface area contributed by atoms with Gasteiger partial charge in [-0.1, -0.05) is 6.42 Å². The van der Waals surface area contributed by atoms with Crippen molar-refractivity contribution in [1.82, 2.24) is 5.32 Å². The third-order valence-corrected chi connectivity index (χ3v) is 5.33. The molecule has 1 aromatic heterocycles. The summed E-state index contributed by atoms with van der Waals surface area (Å²) in [6.07, 6.45) is 5.60. The quantitative estimate of drug-likeness (QED) is 0.819. The number of nitrogens with zero attached hydrogens (tertiary/aromatic N) is 1. The number of carbonyl (C=O) groups is 2. The Balaban J connectivity index is 1.81. The van der Waals surface area contributed by atoms with Crippen molar-refractivity contribution in [2.75, 3.05) is 11.9 Å². The summed E-state index contributed by atoms with van der Waals surface area (Å²) in [4.78, 5) is 24.6. The van der Waals surface area contributed by atoms with Crippen LogP contribution in [-0.4, -0.2) is 18.4 Å². The van der Waals surface area contributed by atoms with Crippen molar-refractivity contribution in [2.45, 2.75) is 38.5 Å². The number of anilines is 1. The van der Waals surface area contributed by atoms with E-state index in [4.69, 9.17) is 0 Å². The molecule has 3 rings (SSSR count). The van der Waals surface area contributed by atoms with E-state index >= 15 is 0 Å². The van der Waals surface area contributed by atoms with Crippen LogP contribution < -0.4 is 10.6 Å². The van der Waals surface area contributed by atoms with Gasteiger partial charge >= 0.3 is 0 Å². The van der Waals surface area contributed by atoms with Crippen LogP contribution in [0, 0.1) is 17.2 Å². The van der Waals surface area contributed by atoms with Gasteiger partial charge in [-0.15, -0.1) is 11.3 Å². The summed E-state index contributed by atoms with van der Waals surface area (Å²) >= 11 is 1.53. The first kappa shape index (κ1) is 14.1. The number of rotatable bonds is 2. The van der Waals surface area contributed by atoms with Crippen LogP contribution >= 0.6 is 11.3 Å². The molecule has 1 atom stereocenters. The van der Waals surface area contributed by atoms with E-state index < -0.39 is 0 Å². The Hall–Kier alpha value is -1.87. The smallest absolute Gasteiger partial charge is 0.230 e. The van der Waals surface area contributed by atoms with Gasteiger partial charge in [-0.05, 0) is 31.2 Å². The van der Waals surface area contributed by atoms with Gasteiger partial charge < -0.3 is 10.6 Å². The minimum absolute atomic E-state index is 0.0855. The van der Waals surface area contributed by atoms with E-state index in [1.165, 1.54) is 22.6 Å². The first-order valence-corrected chi connectivity index (χ1v) is 8.13. The van der Waals surface area contributed by atoms with Crippen LogP contribution in [0.25, 0.3) is 0 Å². The summed E-state index contributed by atoms with van der Waals surface area (Å²) in [5, 5.41) is 15.6. The number of hydrogen-bond acceptors (Lipinski definition) is 4. The van der Waals surface area contributed by atoms with Crippen molar-refractivity contribution in [3.8, 4) is 6.07 Å². The number of amides is 2. The lowest BCUT2D eigenvalue weighted by Crippen LogP contribution is -2.24. The fraction of sp³-hybridized carbons (Fsp3) is 0.533. The monoisotopic (exact) mass is 303 g/mol. The molecule has 5 nitrogen and oxygen atoms in total. The molecule has 2 N–H and O–H groups in total. The molecule has 0 spiro atoms. The summed E-state index contributed by atoms with van der Waals surface area (Å²) in [5.41, 5.74) is 1.75. The van der Waals surface area contributed by atoms with Crippen LogP contribution in [0.3, 0.4) is 0 Å². The molecule has 0 radical (unpaired) electrons. The summed E-state index contributed by atoms with van der Waals surface area (Å²) in [5.74, 6) is -0.579. The van der Waals surface area contributed by atoms with Crippen molar-refractivity contribution in [1.29, 1.82) is 5.26 Å². The third kappa shape index (κ3) is 2.79. The van der Waals surface area contributed by atoms with E-state index in [-0.39, 0.29) is 24.2 Å². The zero-order chi connectivity index (χ0) is 14.8. The van der Waals surface area contributed by atoms with Crippen molar-refractivity contribution in [3.05, 3.63) is 16.0 Å². The van der Waals surface area contributed by atoms with Crippen LogP contribution in [0.4, 0.5) is 5.00 Å². The molecule has 1 aromatic rings. The number of hydrogen-bond donors (Lipinski definition) is 2. The number of nitrogens with one attached hydrogen (secondary N) is 2. The minimum Gasteiger partial charge on any atom is -0.355 e. The van der Waals surface area contributed by atoms with Crippen LogP contribution in [-0.2, 0) is 22.4 Å². The highest BCUT2D eigenvalue weighted by atomic mass is 32.1. The van der Waals surface area contributed by atoms with Gasteiger partial charge in [0.05, 0.1) is 11.5 Å². The second kappa shape index (κ2) is 5.86. The van der Waals surface area contributed by atoms with Crippen LogP contribution in [0.2, 0.25) is 0 Å². The molecule has 2 heterocycles. The number of carbonyl (C=O) groups excluding carboxylic acids is 2.